The van der Waals surface area contributed by atoms with Crippen molar-refractivity contribution in [3.63, 3.8) is 0 Å². The zero-order chi connectivity index (χ0) is 16.1. The third kappa shape index (κ3) is 3.90. The van der Waals surface area contributed by atoms with Crippen molar-refractivity contribution in [1.29, 1.82) is 0 Å². The van der Waals surface area contributed by atoms with Gasteiger partial charge in [0.2, 0.25) is 0 Å². The smallest absolute Gasteiger partial charge is 0.337 e. The maximum atomic E-state index is 12.1. The van der Waals surface area contributed by atoms with Crippen LogP contribution in [-0.4, -0.2) is 22.1 Å². The second-order valence-electron chi connectivity index (χ2n) is 4.24. The number of anilines is 1. The Hall–Kier alpha value is -2.25. The van der Waals surface area contributed by atoms with Crippen LogP contribution >= 0.6 is 28.1 Å². The van der Waals surface area contributed by atoms with E-state index in [9.17, 15) is 9.59 Å². The van der Waals surface area contributed by atoms with Crippen LogP contribution in [0.2, 0.25) is 0 Å². The molecule has 2 aromatic rings. The molecule has 22 heavy (non-hydrogen) atoms. The lowest BCUT2D eigenvalue weighted by atomic mass is 10.2. The van der Waals surface area contributed by atoms with Crippen molar-refractivity contribution in [2.45, 2.75) is 0 Å². The number of carbonyl (C=O) groups excluding carboxylic acids is 1. The molecule has 0 saturated carbocycles. The Kier molecular flexibility index (Phi) is 5.24. The topological polar surface area (TPSA) is 78.4 Å². The molecule has 0 aliphatic heterocycles. The minimum absolute atomic E-state index is 0.0226. The van der Waals surface area contributed by atoms with Gasteiger partial charge in [-0.15, -0.1) is 0 Å². The number of hydrogen-bond donors (Lipinski definition) is 3. The molecule has 0 radical (unpaired) electrons. The Balaban J connectivity index is 2.10. The normalized spacial score (nSPS) is 9.86. The van der Waals surface area contributed by atoms with Crippen molar-refractivity contribution in [2.75, 3.05) is 5.32 Å². The summed E-state index contributed by atoms with van der Waals surface area (Å²) in [6.07, 6.45) is 0. The third-order valence-corrected chi connectivity index (χ3v) is 3.65. The zero-order valence-corrected chi connectivity index (χ0v) is 13.6. The number of carboxylic acid groups (broad SMARTS) is 1. The van der Waals surface area contributed by atoms with Crippen molar-refractivity contribution in [2.24, 2.45) is 0 Å². The van der Waals surface area contributed by atoms with E-state index in [1.807, 2.05) is 0 Å². The van der Waals surface area contributed by atoms with E-state index in [0.717, 1.165) is 0 Å². The molecule has 0 spiro atoms. The number of carbonyl (C=O) groups is 2. The molecule has 7 heteroatoms. The van der Waals surface area contributed by atoms with E-state index in [-0.39, 0.29) is 10.7 Å². The molecule has 112 valence electrons. The van der Waals surface area contributed by atoms with Crippen LogP contribution in [0.25, 0.3) is 0 Å². The van der Waals surface area contributed by atoms with Crippen LogP contribution in [0.1, 0.15) is 20.7 Å². The zero-order valence-electron chi connectivity index (χ0n) is 11.2. The largest absolute Gasteiger partial charge is 0.478 e. The first-order chi connectivity index (χ1) is 10.5. The summed E-state index contributed by atoms with van der Waals surface area (Å²) in [6, 6.07) is 13.2. The van der Waals surface area contributed by atoms with Crippen molar-refractivity contribution in [1.82, 2.24) is 5.32 Å². The van der Waals surface area contributed by atoms with Gasteiger partial charge in [-0.2, -0.15) is 0 Å². The molecule has 0 bridgehead atoms. The highest BCUT2D eigenvalue weighted by atomic mass is 79.9. The molecule has 0 saturated heterocycles. The van der Waals surface area contributed by atoms with E-state index in [4.69, 9.17) is 17.3 Å². The molecule has 0 fully saturated rings. The van der Waals surface area contributed by atoms with Gasteiger partial charge in [-0.1, -0.05) is 24.3 Å². The quantitative estimate of drug-likeness (QED) is 0.714. The first-order valence-corrected chi connectivity index (χ1v) is 7.38. The van der Waals surface area contributed by atoms with Crippen molar-refractivity contribution in [3.8, 4) is 0 Å². The number of para-hydroxylation sites is 1. The molecule has 2 rings (SSSR count). The van der Waals surface area contributed by atoms with E-state index in [2.05, 4.69) is 26.6 Å². The maximum absolute atomic E-state index is 12.1. The van der Waals surface area contributed by atoms with Gasteiger partial charge in [-0.25, -0.2) is 4.79 Å². The summed E-state index contributed by atoms with van der Waals surface area (Å²) in [7, 11) is 0. The Morgan fingerprint density at radius 2 is 1.59 bits per heavy atom. The number of rotatable bonds is 3. The Labute approximate surface area is 140 Å². The van der Waals surface area contributed by atoms with E-state index in [1.165, 1.54) is 6.07 Å². The highest BCUT2D eigenvalue weighted by molar-refractivity contribution is 9.10. The lowest BCUT2D eigenvalue weighted by Gasteiger charge is -2.12. The average Bonchev–Trinajstić information content (AvgIpc) is 2.47. The Bertz CT molecular complexity index is 749. The van der Waals surface area contributed by atoms with Crippen LogP contribution in [-0.2, 0) is 0 Å². The second kappa shape index (κ2) is 7.15. The summed E-state index contributed by atoms with van der Waals surface area (Å²) in [5.41, 5.74) is 0.811. The van der Waals surface area contributed by atoms with Gasteiger partial charge in [0.1, 0.15) is 0 Å². The number of amides is 1. The van der Waals surface area contributed by atoms with Gasteiger partial charge in [0, 0.05) is 4.47 Å². The Morgan fingerprint density at radius 3 is 2.23 bits per heavy atom. The van der Waals surface area contributed by atoms with Crippen LogP contribution < -0.4 is 10.6 Å². The molecule has 5 nitrogen and oxygen atoms in total. The van der Waals surface area contributed by atoms with Crippen LogP contribution in [0.3, 0.4) is 0 Å². The van der Waals surface area contributed by atoms with Crippen LogP contribution in [0.5, 0.6) is 0 Å². The fraction of sp³-hybridized carbons (Fsp3) is 0. The van der Waals surface area contributed by atoms with Crippen LogP contribution in [0.4, 0.5) is 5.69 Å². The molecule has 0 heterocycles. The van der Waals surface area contributed by atoms with Crippen molar-refractivity contribution in [3.05, 3.63) is 64.1 Å². The van der Waals surface area contributed by atoms with Gasteiger partial charge in [0.25, 0.3) is 5.91 Å². The summed E-state index contributed by atoms with van der Waals surface area (Å²) >= 11 is 8.33. The highest BCUT2D eigenvalue weighted by Gasteiger charge is 2.13. The molecule has 0 unspecified atom stereocenters. The summed E-state index contributed by atoms with van der Waals surface area (Å²) < 4.78 is 0.640. The van der Waals surface area contributed by atoms with Gasteiger partial charge in [0.05, 0.1) is 16.8 Å². The predicted molar refractivity (Wildman–Crippen MR) is 91.2 cm³/mol. The second-order valence-corrected chi connectivity index (χ2v) is 5.50. The molecule has 3 N–H and O–H groups in total. The first kappa shape index (κ1) is 16.1. The SMILES string of the molecule is O=C(NC(=S)Nc1ccccc1C(=O)O)c1ccccc1Br. The lowest BCUT2D eigenvalue weighted by Crippen LogP contribution is -2.34. The summed E-state index contributed by atoms with van der Waals surface area (Å²) in [6.45, 7) is 0. The van der Waals surface area contributed by atoms with Gasteiger partial charge >= 0.3 is 5.97 Å². The van der Waals surface area contributed by atoms with Gasteiger partial charge in [-0.05, 0) is 52.4 Å². The van der Waals surface area contributed by atoms with Crippen molar-refractivity contribution >= 4 is 50.8 Å². The minimum atomic E-state index is -1.08. The predicted octanol–water partition coefficient (Wildman–Crippen LogP) is 3.27. The summed E-state index contributed by atoms with van der Waals surface area (Å²) in [5.74, 6) is -1.47. The number of hydrogen-bond acceptors (Lipinski definition) is 3. The summed E-state index contributed by atoms with van der Waals surface area (Å²) in [4.78, 5) is 23.2. The third-order valence-electron chi connectivity index (χ3n) is 2.75. The van der Waals surface area contributed by atoms with Gasteiger partial charge < -0.3 is 10.4 Å². The molecule has 2 aromatic carbocycles. The lowest BCUT2D eigenvalue weighted by molar-refractivity contribution is 0.0698. The molecule has 0 aliphatic rings. The Morgan fingerprint density at radius 1 is 1.00 bits per heavy atom. The summed E-state index contributed by atoms with van der Waals surface area (Å²) in [5, 5.41) is 14.3. The van der Waals surface area contributed by atoms with Gasteiger partial charge in [-0.3, -0.25) is 10.1 Å². The first-order valence-electron chi connectivity index (χ1n) is 6.18. The fourth-order valence-corrected chi connectivity index (χ4v) is 2.42. The molecule has 1 amide bonds. The maximum Gasteiger partial charge on any atom is 0.337 e. The van der Waals surface area contributed by atoms with E-state index < -0.39 is 11.9 Å². The molecule has 0 aromatic heterocycles. The highest BCUT2D eigenvalue weighted by Crippen LogP contribution is 2.17. The number of benzene rings is 2. The minimum Gasteiger partial charge on any atom is -0.478 e. The number of halogens is 1. The number of nitrogens with one attached hydrogen (secondary N) is 2. The monoisotopic (exact) mass is 378 g/mol. The van der Waals surface area contributed by atoms with Gasteiger partial charge in [0.15, 0.2) is 5.11 Å². The molecular weight excluding hydrogens is 368 g/mol. The van der Waals surface area contributed by atoms with Crippen LogP contribution in [0, 0.1) is 0 Å². The molecule has 0 aliphatic carbocycles. The van der Waals surface area contributed by atoms with E-state index in [1.54, 1.807) is 42.5 Å². The van der Waals surface area contributed by atoms with E-state index >= 15 is 0 Å². The fourth-order valence-electron chi connectivity index (χ4n) is 1.75. The van der Waals surface area contributed by atoms with E-state index in [0.29, 0.717) is 15.7 Å². The number of thiocarbonyl (C=S) groups is 1. The molecular formula is C15H11BrN2O3S. The van der Waals surface area contributed by atoms with Crippen LogP contribution in [0.15, 0.2) is 53.0 Å². The molecule has 0 atom stereocenters. The van der Waals surface area contributed by atoms with Crippen molar-refractivity contribution < 1.29 is 14.7 Å². The average molecular weight is 379 g/mol. The number of aromatic carboxylic acids is 1. The standard InChI is InChI=1S/C15H11BrN2O3S/c16-11-7-3-1-5-9(11)13(19)18-15(22)17-12-8-4-2-6-10(12)14(20)21/h1-8H,(H,20,21)(H2,17,18,19,22). The number of carboxylic acids is 1.